The highest BCUT2D eigenvalue weighted by molar-refractivity contribution is 6.30. The molecule has 0 saturated heterocycles. The predicted molar refractivity (Wildman–Crippen MR) is 151 cm³/mol. The first-order valence-electron chi connectivity index (χ1n) is 12.7. The zero-order valence-electron chi connectivity index (χ0n) is 22.2. The average Bonchev–Trinajstić information content (AvgIpc) is 3.68. The fourth-order valence-electron chi connectivity index (χ4n) is 4.09. The first-order chi connectivity index (χ1) is 20.4. The predicted octanol–water partition coefficient (Wildman–Crippen LogP) is 4.09. The molecule has 2 aromatic heterocycles. The van der Waals surface area contributed by atoms with Gasteiger partial charge >= 0.3 is 6.09 Å². The summed E-state index contributed by atoms with van der Waals surface area (Å²) in [5.41, 5.74) is 2.44. The molecule has 1 aliphatic rings. The van der Waals surface area contributed by atoms with Crippen molar-refractivity contribution < 1.29 is 23.5 Å². The van der Waals surface area contributed by atoms with Crippen LogP contribution in [0.2, 0.25) is 5.02 Å². The van der Waals surface area contributed by atoms with Crippen LogP contribution in [0.4, 0.5) is 16.2 Å². The molecule has 0 fully saturated rings. The molecule has 3 amide bonds. The van der Waals surface area contributed by atoms with E-state index in [1.807, 2.05) is 12.2 Å². The lowest BCUT2D eigenvalue weighted by Gasteiger charge is -2.12. The highest BCUT2D eigenvalue weighted by atomic mass is 35.5. The normalized spacial score (nSPS) is 15.9. The van der Waals surface area contributed by atoms with Crippen LogP contribution in [0, 0.1) is 0 Å². The first-order valence-corrected chi connectivity index (χ1v) is 13.1. The summed E-state index contributed by atoms with van der Waals surface area (Å²) in [4.78, 5) is 37.3. The van der Waals surface area contributed by atoms with Gasteiger partial charge in [0.15, 0.2) is 0 Å². The summed E-state index contributed by atoms with van der Waals surface area (Å²) in [5, 5.41) is 28.3. The number of hydrogen-bond donors (Lipinski definition) is 3. The van der Waals surface area contributed by atoms with Crippen molar-refractivity contribution in [1.29, 1.82) is 0 Å². The van der Waals surface area contributed by atoms with Crippen molar-refractivity contribution in [1.82, 2.24) is 35.7 Å². The second kappa shape index (κ2) is 12.9. The summed E-state index contributed by atoms with van der Waals surface area (Å²) in [6.07, 6.45) is 8.41. The van der Waals surface area contributed by atoms with Crippen molar-refractivity contribution in [2.45, 2.75) is 25.3 Å². The van der Waals surface area contributed by atoms with Gasteiger partial charge in [-0.2, -0.15) is 4.68 Å². The van der Waals surface area contributed by atoms with E-state index in [-0.39, 0.29) is 24.1 Å². The molecule has 1 atom stereocenters. The standard InChI is InChI=1S/C27H24ClN9O5/c1-41-27(40)30-18-9-10-19-21(14-18)32-23(38)6-4-2-3-5-20(26-34-33-25(19)42-26)31-24(39)12-7-16-13-17(28)8-11-22(16)37-15-29-35-36-37/h2-3,7-15,20H,4-6H2,1H3,(H,30,40)(H,31,39)(H,32,38)/b3-2+,12-7+/t20-/m0/s1. The number of hydrogen-bond acceptors (Lipinski definition) is 10. The Kier molecular flexibility index (Phi) is 8.63. The average molecular weight is 590 g/mol. The number of rotatable bonds is 5. The second-order valence-electron chi connectivity index (χ2n) is 8.97. The Morgan fingerprint density at radius 3 is 2.88 bits per heavy atom. The molecule has 42 heavy (non-hydrogen) atoms. The summed E-state index contributed by atoms with van der Waals surface area (Å²) in [6, 6.07) is 9.25. The summed E-state index contributed by atoms with van der Waals surface area (Å²) < 4.78 is 12.1. The third-order valence-corrected chi connectivity index (χ3v) is 6.32. The van der Waals surface area contributed by atoms with Crippen LogP contribution in [0.25, 0.3) is 23.2 Å². The maximum atomic E-state index is 13.0. The SMILES string of the molecule is COC(=O)Nc1ccc2c(c1)NC(=O)CC/C=C/C[C@H](NC(=O)/C=C/c1cc(Cl)ccc1-n1cnnn1)c1nnc-2o1. The number of carbonyl (C=O) groups excluding carboxylic acids is 3. The van der Waals surface area contributed by atoms with Gasteiger partial charge in [-0.1, -0.05) is 23.8 Å². The number of aromatic nitrogens is 6. The van der Waals surface area contributed by atoms with Crippen LogP contribution < -0.4 is 16.0 Å². The number of carbonyl (C=O) groups is 3. The van der Waals surface area contributed by atoms with Gasteiger partial charge in [0.1, 0.15) is 12.4 Å². The van der Waals surface area contributed by atoms with Crippen LogP contribution in [0.3, 0.4) is 0 Å². The molecule has 214 valence electrons. The van der Waals surface area contributed by atoms with Crippen molar-refractivity contribution in [3.8, 4) is 17.1 Å². The number of amides is 3. The van der Waals surface area contributed by atoms with Gasteiger partial charge in [-0.05, 0) is 65.7 Å². The third kappa shape index (κ3) is 6.85. The summed E-state index contributed by atoms with van der Waals surface area (Å²) >= 11 is 6.18. The zero-order chi connectivity index (χ0) is 29.5. The highest BCUT2D eigenvalue weighted by Gasteiger charge is 2.22. The van der Waals surface area contributed by atoms with Gasteiger partial charge in [0.2, 0.25) is 23.6 Å². The fraction of sp³-hybridized carbons (Fsp3) is 0.185. The van der Waals surface area contributed by atoms with Gasteiger partial charge in [0, 0.05) is 28.8 Å². The number of ether oxygens (including phenoxy) is 1. The minimum atomic E-state index is -0.661. The van der Waals surface area contributed by atoms with Crippen LogP contribution in [-0.4, -0.2) is 55.4 Å². The van der Waals surface area contributed by atoms with Crippen molar-refractivity contribution in [2.75, 3.05) is 17.7 Å². The van der Waals surface area contributed by atoms with Gasteiger partial charge in [0.05, 0.1) is 24.0 Å². The topological polar surface area (TPSA) is 179 Å². The van der Waals surface area contributed by atoms with E-state index in [4.69, 9.17) is 16.0 Å². The number of methoxy groups -OCH3 is 1. The number of anilines is 2. The minimum Gasteiger partial charge on any atom is -0.453 e. The van der Waals surface area contributed by atoms with Gasteiger partial charge < -0.3 is 19.8 Å². The molecular formula is C27H24ClN9O5. The molecular weight excluding hydrogens is 566 g/mol. The summed E-state index contributed by atoms with van der Waals surface area (Å²) in [6.45, 7) is 0. The van der Waals surface area contributed by atoms with Gasteiger partial charge in [-0.25, -0.2) is 4.79 Å². The van der Waals surface area contributed by atoms with Crippen LogP contribution in [0.15, 0.2) is 65.4 Å². The van der Waals surface area contributed by atoms with Gasteiger partial charge in [0.25, 0.3) is 0 Å². The summed E-state index contributed by atoms with van der Waals surface area (Å²) in [5.74, 6) is -0.377. The number of benzene rings is 2. The minimum absolute atomic E-state index is 0.118. The quantitative estimate of drug-likeness (QED) is 0.227. The molecule has 4 aromatic rings. The molecule has 1 aliphatic heterocycles. The number of tetrazole rings is 1. The first kappa shape index (κ1) is 28.2. The lowest BCUT2D eigenvalue weighted by Crippen LogP contribution is -2.26. The lowest BCUT2D eigenvalue weighted by molar-refractivity contribution is -0.117. The molecule has 0 saturated carbocycles. The highest BCUT2D eigenvalue weighted by Crippen LogP contribution is 2.32. The van der Waals surface area contributed by atoms with Crippen LogP contribution in [0.5, 0.6) is 0 Å². The van der Waals surface area contributed by atoms with Crippen LogP contribution in [-0.2, 0) is 14.3 Å². The van der Waals surface area contributed by atoms with E-state index in [0.29, 0.717) is 46.1 Å². The maximum absolute atomic E-state index is 13.0. The van der Waals surface area contributed by atoms with E-state index in [1.165, 1.54) is 24.2 Å². The van der Waals surface area contributed by atoms with E-state index in [9.17, 15) is 14.4 Å². The van der Waals surface area contributed by atoms with Crippen molar-refractivity contribution in [3.63, 3.8) is 0 Å². The molecule has 5 rings (SSSR count). The monoisotopic (exact) mass is 589 g/mol. The smallest absolute Gasteiger partial charge is 0.411 e. The molecule has 0 unspecified atom stereocenters. The Morgan fingerprint density at radius 2 is 2.07 bits per heavy atom. The molecule has 0 aliphatic carbocycles. The van der Waals surface area contributed by atoms with E-state index >= 15 is 0 Å². The van der Waals surface area contributed by atoms with Gasteiger partial charge in [-0.3, -0.25) is 14.9 Å². The van der Waals surface area contributed by atoms with Crippen LogP contribution >= 0.6 is 11.6 Å². The third-order valence-electron chi connectivity index (χ3n) is 6.09. The fourth-order valence-corrected chi connectivity index (χ4v) is 4.27. The van der Waals surface area contributed by atoms with Crippen molar-refractivity contribution in [2.24, 2.45) is 0 Å². The molecule has 0 spiro atoms. The largest absolute Gasteiger partial charge is 0.453 e. The van der Waals surface area contributed by atoms with Crippen molar-refractivity contribution >= 4 is 47.0 Å². The molecule has 2 aromatic carbocycles. The number of nitrogens with one attached hydrogen (secondary N) is 3. The second-order valence-corrected chi connectivity index (χ2v) is 9.40. The molecule has 3 N–H and O–H groups in total. The maximum Gasteiger partial charge on any atom is 0.411 e. The zero-order valence-corrected chi connectivity index (χ0v) is 22.9. The van der Waals surface area contributed by atoms with E-state index < -0.39 is 18.0 Å². The van der Waals surface area contributed by atoms with Crippen molar-refractivity contribution in [3.05, 3.63) is 77.4 Å². The van der Waals surface area contributed by atoms with E-state index in [0.717, 1.165) is 0 Å². The lowest BCUT2D eigenvalue weighted by atomic mass is 10.1. The van der Waals surface area contributed by atoms with E-state index in [1.54, 1.807) is 42.5 Å². The number of fused-ring (bicyclic) bond motifs is 4. The number of halogens is 1. The summed E-state index contributed by atoms with van der Waals surface area (Å²) in [7, 11) is 1.25. The number of allylic oxidation sites excluding steroid dienone is 1. The molecule has 0 radical (unpaired) electrons. The molecule has 15 heteroatoms. The van der Waals surface area contributed by atoms with E-state index in [2.05, 4.69) is 46.4 Å². The Balaban J connectivity index is 1.40. The Labute approximate surface area is 243 Å². The molecule has 3 heterocycles. The molecule has 14 nitrogen and oxygen atoms in total. The van der Waals surface area contributed by atoms with Gasteiger partial charge in [-0.15, -0.1) is 15.3 Å². The Hall–Kier alpha value is -5.37. The van der Waals surface area contributed by atoms with Crippen LogP contribution in [0.1, 0.15) is 36.8 Å². The number of nitrogens with zero attached hydrogens (tertiary/aromatic N) is 6. The molecule has 2 bridgehead atoms. The Bertz CT molecular complexity index is 1670. The Morgan fingerprint density at radius 1 is 1.19 bits per heavy atom.